The van der Waals surface area contributed by atoms with Gasteiger partial charge in [-0.1, -0.05) is 6.07 Å². The van der Waals surface area contributed by atoms with Gasteiger partial charge in [-0.3, -0.25) is 4.90 Å². The highest BCUT2D eigenvalue weighted by molar-refractivity contribution is 5.89. The highest BCUT2D eigenvalue weighted by Gasteiger charge is 2.18. The highest BCUT2D eigenvalue weighted by atomic mass is 19.1. The van der Waals surface area contributed by atoms with Gasteiger partial charge in [-0.05, 0) is 44.0 Å². The van der Waals surface area contributed by atoms with Crippen LogP contribution < -0.4 is 0 Å². The number of ether oxygens (including phenoxy) is 1. The second-order valence-corrected chi connectivity index (χ2v) is 5.29. The number of hydrogen-bond donors (Lipinski definition) is 1. The number of aromatic carboxylic acids is 1. The minimum atomic E-state index is -1.10. The van der Waals surface area contributed by atoms with Gasteiger partial charge in [0.2, 0.25) is 0 Å². The summed E-state index contributed by atoms with van der Waals surface area (Å²) < 4.78 is 18.8. The molecule has 0 aliphatic carbocycles. The summed E-state index contributed by atoms with van der Waals surface area (Å²) >= 11 is 0. The van der Waals surface area contributed by atoms with Crippen LogP contribution in [0.5, 0.6) is 0 Å². The average molecular weight is 281 g/mol. The van der Waals surface area contributed by atoms with Crippen molar-refractivity contribution in [3.63, 3.8) is 0 Å². The van der Waals surface area contributed by atoms with Gasteiger partial charge in [0.15, 0.2) is 0 Å². The van der Waals surface area contributed by atoms with Crippen LogP contribution in [0.4, 0.5) is 4.39 Å². The lowest BCUT2D eigenvalue weighted by Gasteiger charge is -2.27. The van der Waals surface area contributed by atoms with Gasteiger partial charge >= 0.3 is 5.97 Å². The summed E-state index contributed by atoms with van der Waals surface area (Å²) in [5.74, 6) is -1.62. The van der Waals surface area contributed by atoms with Gasteiger partial charge in [0.25, 0.3) is 0 Å². The van der Waals surface area contributed by atoms with Gasteiger partial charge in [0.05, 0.1) is 11.7 Å². The van der Waals surface area contributed by atoms with Crippen molar-refractivity contribution in [2.24, 2.45) is 0 Å². The Bertz CT molecular complexity index is 472. The second kappa shape index (κ2) is 6.81. The first-order chi connectivity index (χ1) is 9.56. The third-order valence-corrected chi connectivity index (χ3v) is 3.53. The lowest BCUT2D eigenvalue weighted by Crippen LogP contribution is -2.33. The van der Waals surface area contributed by atoms with Crippen molar-refractivity contribution in [2.75, 3.05) is 20.2 Å². The van der Waals surface area contributed by atoms with Crippen LogP contribution in [0.15, 0.2) is 18.2 Å². The molecule has 1 fully saturated rings. The molecule has 1 unspecified atom stereocenters. The lowest BCUT2D eigenvalue weighted by atomic mass is 10.1. The average Bonchev–Trinajstić information content (AvgIpc) is 2.41. The summed E-state index contributed by atoms with van der Waals surface area (Å²) in [5, 5.41) is 9.11. The zero-order valence-electron chi connectivity index (χ0n) is 11.6. The van der Waals surface area contributed by atoms with Crippen LogP contribution in [0.3, 0.4) is 0 Å². The quantitative estimate of drug-likeness (QED) is 0.901. The van der Waals surface area contributed by atoms with Crippen molar-refractivity contribution >= 4 is 5.97 Å². The predicted molar refractivity (Wildman–Crippen MR) is 73.3 cm³/mol. The molecular formula is C15H20FNO3. The van der Waals surface area contributed by atoms with Gasteiger partial charge in [0.1, 0.15) is 5.82 Å². The van der Waals surface area contributed by atoms with E-state index in [4.69, 9.17) is 9.84 Å². The summed E-state index contributed by atoms with van der Waals surface area (Å²) in [6, 6.07) is 3.91. The van der Waals surface area contributed by atoms with Gasteiger partial charge < -0.3 is 9.84 Å². The predicted octanol–water partition coefficient (Wildman–Crippen LogP) is 2.52. The molecular weight excluding hydrogens is 261 g/mol. The monoisotopic (exact) mass is 281 g/mol. The van der Waals surface area contributed by atoms with Crippen LogP contribution in [0, 0.1) is 5.82 Å². The largest absolute Gasteiger partial charge is 0.478 e. The van der Waals surface area contributed by atoms with Crippen LogP contribution in [-0.2, 0) is 11.3 Å². The molecule has 0 radical (unpaired) electrons. The molecule has 5 heteroatoms. The van der Waals surface area contributed by atoms with Crippen LogP contribution in [-0.4, -0.2) is 42.3 Å². The Morgan fingerprint density at radius 1 is 1.50 bits per heavy atom. The van der Waals surface area contributed by atoms with Crippen LogP contribution >= 0.6 is 0 Å². The molecule has 0 saturated carbocycles. The summed E-state index contributed by atoms with van der Waals surface area (Å²) in [4.78, 5) is 13.2. The molecule has 4 nitrogen and oxygen atoms in total. The third-order valence-electron chi connectivity index (χ3n) is 3.53. The summed E-state index contributed by atoms with van der Waals surface area (Å²) in [7, 11) is 1.92. The van der Waals surface area contributed by atoms with Crippen molar-refractivity contribution < 1.29 is 19.0 Å². The smallest absolute Gasteiger partial charge is 0.336 e. The Morgan fingerprint density at radius 2 is 2.30 bits per heavy atom. The molecule has 1 aliphatic rings. The summed E-state index contributed by atoms with van der Waals surface area (Å²) in [6.07, 6.45) is 3.54. The Hall–Kier alpha value is -1.46. The third kappa shape index (κ3) is 4.02. The maximum absolute atomic E-state index is 13.1. The van der Waals surface area contributed by atoms with E-state index in [0.717, 1.165) is 32.1 Å². The number of hydrogen-bond acceptors (Lipinski definition) is 3. The maximum atomic E-state index is 13.1. The SMILES string of the molecule is CN(Cc1ccc(F)cc1C(=O)O)CC1CCCCO1. The minimum absolute atomic E-state index is 0.0291. The van der Waals surface area contributed by atoms with Crippen molar-refractivity contribution in [3.8, 4) is 0 Å². The van der Waals surface area contributed by atoms with E-state index in [1.807, 2.05) is 11.9 Å². The Morgan fingerprint density at radius 3 is 2.95 bits per heavy atom. The maximum Gasteiger partial charge on any atom is 0.336 e. The number of carboxylic acids is 1. The van der Waals surface area contributed by atoms with Gasteiger partial charge in [-0.2, -0.15) is 0 Å². The van der Waals surface area contributed by atoms with Crippen LogP contribution in [0.25, 0.3) is 0 Å². The normalized spacial score (nSPS) is 19.2. The molecule has 1 atom stereocenters. The first kappa shape index (κ1) is 14.9. The van der Waals surface area contributed by atoms with E-state index in [0.29, 0.717) is 12.1 Å². The van der Waals surface area contributed by atoms with E-state index in [1.165, 1.54) is 18.6 Å². The van der Waals surface area contributed by atoms with E-state index >= 15 is 0 Å². The molecule has 0 bridgehead atoms. The van der Waals surface area contributed by atoms with E-state index in [2.05, 4.69) is 0 Å². The van der Waals surface area contributed by atoms with Crippen LogP contribution in [0.2, 0.25) is 0 Å². The van der Waals surface area contributed by atoms with Crippen molar-refractivity contribution in [1.82, 2.24) is 4.90 Å². The van der Waals surface area contributed by atoms with Gasteiger partial charge in [0, 0.05) is 19.7 Å². The lowest BCUT2D eigenvalue weighted by molar-refractivity contribution is -0.00262. The Kier molecular flexibility index (Phi) is 5.09. The number of nitrogens with zero attached hydrogens (tertiary/aromatic N) is 1. The van der Waals surface area contributed by atoms with Gasteiger partial charge in [-0.25, -0.2) is 9.18 Å². The zero-order chi connectivity index (χ0) is 14.5. The Balaban J connectivity index is 1.99. The number of halogens is 1. The number of rotatable bonds is 5. The zero-order valence-corrected chi connectivity index (χ0v) is 11.6. The molecule has 110 valence electrons. The van der Waals surface area contributed by atoms with E-state index < -0.39 is 11.8 Å². The summed E-state index contributed by atoms with van der Waals surface area (Å²) in [5.41, 5.74) is 0.652. The molecule has 0 amide bonds. The topological polar surface area (TPSA) is 49.8 Å². The molecule has 20 heavy (non-hydrogen) atoms. The second-order valence-electron chi connectivity index (χ2n) is 5.29. The number of likely N-dealkylation sites (N-methyl/N-ethyl adjacent to an activating group) is 1. The molecule has 1 aromatic rings. The molecule has 1 aromatic carbocycles. The molecule has 0 aromatic heterocycles. The molecule has 2 rings (SSSR count). The Labute approximate surface area is 118 Å². The first-order valence-corrected chi connectivity index (χ1v) is 6.88. The van der Waals surface area contributed by atoms with Crippen LogP contribution in [0.1, 0.15) is 35.2 Å². The van der Waals surface area contributed by atoms with E-state index in [-0.39, 0.29) is 11.7 Å². The number of carbonyl (C=O) groups is 1. The van der Waals surface area contributed by atoms with E-state index in [9.17, 15) is 9.18 Å². The van der Waals surface area contributed by atoms with E-state index in [1.54, 1.807) is 0 Å². The van der Waals surface area contributed by atoms with Gasteiger partial charge in [-0.15, -0.1) is 0 Å². The molecule has 0 spiro atoms. The fourth-order valence-corrected chi connectivity index (χ4v) is 2.54. The molecule has 1 saturated heterocycles. The fourth-order valence-electron chi connectivity index (χ4n) is 2.54. The number of carboxylic acid groups (broad SMARTS) is 1. The molecule has 1 heterocycles. The highest BCUT2D eigenvalue weighted by Crippen LogP contribution is 2.17. The van der Waals surface area contributed by atoms with Crippen molar-refractivity contribution in [1.29, 1.82) is 0 Å². The van der Waals surface area contributed by atoms with Crippen molar-refractivity contribution in [3.05, 3.63) is 35.1 Å². The minimum Gasteiger partial charge on any atom is -0.478 e. The standard InChI is InChI=1S/C15H20FNO3/c1-17(10-13-4-2-3-7-20-13)9-11-5-6-12(16)8-14(11)15(18)19/h5-6,8,13H,2-4,7,9-10H2,1H3,(H,18,19). The molecule has 1 aliphatic heterocycles. The molecule has 1 N–H and O–H groups in total. The fraction of sp³-hybridized carbons (Fsp3) is 0.533. The van der Waals surface area contributed by atoms with Crippen molar-refractivity contribution in [2.45, 2.75) is 31.9 Å². The number of benzene rings is 1. The first-order valence-electron chi connectivity index (χ1n) is 6.88. The summed E-state index contributed by atoms with van der Waals surface area (Å²) in [6.45, 7) is 2.04.